The SMILES string of the molecule is CCOc1ccc(NC(=O)CN(C)S(=O)(=O)c2ccc3[nH]c(=O)oc3c2)cc1. The molecular weight excluding hydrogens is 386 g/mol. The number of oxazole rings is 1. The second kappa shape index (κ2) is 7.87. The van der Waals surface area contributed by atoms with Crippen molar-refractivity contribution in [2.45, 2.75) is 11.8 Å². The van der Waals surface area contributed by atoms with Crippen LogP contribution in [0, 0.1) is 0 Å². The van der Waals surface area contributed by atoms with Gasteiger partial charge in [0, 0.05) is 18.8 Å². The number of fused-ring (bicyclic) bond motifs is 1. The molecule has 1 aromatic heterocycles. The van der Waals surface area contributed by atoms with Crippen molar-refractivity contribution in [2.24, 2.45) is 0 Å². The number of carbonyl (C=O) groups is 1. The average molecular weight is 405 g/mol. The quantitative estimate of drug-likeness (QED) is 0.618. The number of aromatic nitrogens is 1. The maximum Gasteiger partial charge on any atom is 0.417 e. The Labute approximate surface area is 161 Å². The standard InChI is InChI=1S/C18H19N3O6S/c1-3-26-13-6-4-12(5-7-13)19-17(22)11-21(2)28(24,25)14-8-9-15-16(10-14)27-18(23)20-15/h4-10H,3,11H2,1-2H3,(H,19,22)(H,20,23). The lowest BCUT2D eigenvalue weighted by atomic mass is 10.3. The summed E-state index contributed by atoms with van der Waals surface area (Å²) >= 11 is 0. The van der Waals surface area contributed by atoms with Gasteiger partial charge in [-0.15, -0.1) is 0 Å². The third-order valence-electron chi connectivity index (χ3n) is 3.92. The monoisotopic (exact) mass is 405 g/mol. The van der Waals surface area contributed by atoms with Gasteiger partial charge in [-0.05, 0) is 43.3 Å². The maximum atomic E-state index is 12.7. The van der Waals surface area contributed by atoms with Gasteiger partial charge in [0.25, 0.3) is 0 Å². The first kappa shape index (κ1) is 19.6. The summed E-state index contributed by atoms with van der Waals surface area (Å²) in [5.74, 6) is -0.496. The molecule has 1 amide bonds. The van der Waals surface area contributed by atoms with E-state index in [0.29, 0.717) is 23.6 Å². The Morgan fingerprint density at radius 1 is 1.21 bits per heavy atom. The van der Waals surface area contributed by atoms with Crippen LogP contribution in [0.1, 0.15) is 6.92 Å². The van der Waals surface area contributed by atoms with E-state index in [9.17, 15) is 18.0 Å². The van der Waals surface area contributed by atoms with Crippen LogP contribution >= 0.6 is 0 Å². The van der Waals surface area contributed by atoms with Crippen LogP contribution in [0.25, 0.3) is 11.1 Å². The number of rotatable bonds is 7. The molecule has 0 saturated heterocycles. The van der Waals surface area contributed by atoms with Crippen molar-refractivity contribution >= 4 is 32.7 Å². The third kappa shape index (κ3) is 4.24. The van der Waals surface area contributed by atoms with E-state index < -0.39 is 21.7 Å². The van der Waals surface area contributed by atoms with E-state index in [1.54, 1.807) is 24.3 Å². The summed E-state index contributed by atoms with van der Waals surface area (Å²) in [7, 11) is -2.65. The van der Waals surface area contributed by atoms with Crippen LogP contribution in [0.3, 0.4) is 0 Å². The molecular formula is C18H19N3O6S. The van der Waals surface area contributed by atoms with Gasteiger partial charge in [-0.3, -0.25) is 9.78 Å². The predicted octanol–water partition coefficient (Wildman–Crippen LogP) is 1.78. The molecule has 0 unspecified atom stereocenters. The minimum absolute atomic E-state index is 0.0842. The summed E-state index contributed by atoms with van der Waals surface area (Å²) in [6, 6.07) is 10.8. The van der Waals surface area contributed by atoms with Gasteiger partial charge in [-0.2, -0.15) is 4.31 Å². The summed E-state index contributed by atoms with van der Waals surface area (Å²) in [6.45, 7) is 2.02. The summed E-state index contributed by atoms with van der Waals surface area (Å²) < 4.78 is 36.5. The maximum absolute atomic E-state index is 12.7. The molecule has 3 aromatic rings. The summed E-state index contributed by atoms with van der Waals surface area (Å²) in [5, 5.41) is 2.63. The van der Waals surface area contributed by atoms with Crippen LogP contribution in [0.4, 0.5) is 5.69 Å². The van der Waals surface area contributed by atoms with Crippen LogP contribution in [-0.2, 0) is 14.8 Å². The molecule has 0 saturated carbocycles. The summed E-state index contributed by atoms with van der Waals surface area (Å²) in [5.41, 5.74) is 1.04. The van der Waals surface area contributed by atoms with Gasteiger partial charge in [0.05, 0.1) is 23.6 Å². The van der Waals surface area contributed by atoms with Crippen molar-refractivity contribution in [1.29, 1.82) is 0 Å². The molecule has 0 radical (unpaired) electrons. The fraction of sp³-hybridized carbons (Fsp3) is 0.222. The molecule has 0 bridgehead atoms. The first-order valence-corrected chi connectivity index (χ1v) is 9.85. The van der Waals surface area contributed by atoms with Crippen LogP contribution in [0.15, 0.2) is 56.6 Å². The van der Waals surface area contributed by atoms with Crippen molar-refractivity contribution in [3.63, 3.8) is 0 Å². The van der Waals surface area contributed by atoms with Crippen molar-refractivity contribution in [1.82, 2.24) is 9.29 Å². The number of carbonyl (C=O) groups excluding carboxylic acids is 1. The molecule has 0 aliphatic rings. The first-order valence-electron chi connectivity index (χ1n) is 8.41. The van der Waals surface area contributed by atoms with Gasteiger partial charge in [-0.1, -0.05) is 0 Å². The number of amides is 1. The highest BCUT2D eigenvalue weighted by molar-refractivity contribution is 7.89. The molecule has 1 heterocycles. The average Bonchev–Trinajstić information content (AvgIpc) is 3.02. The van der Waals surface area contributed by atoms with E-state index in [4.69, 9.17) is 9.15 Å². The van der Waals surface area contributed by atoms with Gasteiger partial charge in [0.1, 0.15) is 5.75 Å². The van der Waals surface area contributed by atoms with Gasteiger partial charge in [0.2, 0.25) is 15.9 Å². The zero-order valence-electron chi connectivity index (χ0n) is 15.3. The second-order valence-electron chi connectivity index (χ2n) is 5.94. The third-order valence-corrected chi connectivity index (χ3v) is 5.72. The molecule has 10 heteroatoms. The highest BCUT2D eigenvalue weighted by atomic mass is 32.2. The predicted molar refractivity (Wildman–Crippen MR) is 103 cm³/mol. The lowest BCUT2D eigenvalue weighted by Crippen LogP contribution is -2.34. The highest BCUT2D eigenvalue weighted by Gasteiger charge is 2.24. The van der Waals surface area contributed by atoms with Crippen molar-refractivity contribution in [3.05, 3.63) is 53.0 Å². The number of sulfonamides is 1. The number of hydrogen-bond donors (Lipinski definition) is 2. The summed E-state index contributed by atoms with van der Waals surface area (Å²) in [6.07, 6.45) is 0. The Kier molecular flexibility index (Phi) is 5.52. The fourth-order valence-electron chi connectivity index (χ4n) is 2.56. The molecule has 0 atom stereocenters. The number of anilines is 1. The molecule has 3 rings (SSSR count). The number of nitrogens with zero attached hydrogens (tertiary/aromatic N) is 1. The number of H-pyrrole nitrogens is 1. The Balaban J connectivity index is 1.70. The van der Waals surface area contributed by atoms with E-state index in [1.165, 1.54) is 25.2 Å². The topological polar surface area (TPSA) is 122 Å². The minimum Gasteiger partial charge on any atom is -0.494 e. The van der Waals surface area contributed by atoms with E-state index in [0.717, 1.165) is 4.31 Å². The molecule has 9 nitrogen and oxygen atoms in total. The van der Waals surface area contributed by atoms with E-state index in [2.05, 4.69) is 10.3 Å². The molecule has 0 spiro atoms. The normalized spacial score (nSPS) is 11.7. The lowest BCUT2D eigenvalue weighted by molar-refractivity contribution is -0.116. The van der Waals surface area contributed by atoms with Crippen LogP contribution in [-0.4, -0.2) is 43.8 Å². The number of nitrogens with one attached hydrogen (secondary N) is 2. The van der Waals surface area contributed by atoms with Crippen LogP contribution in [0.2, 0.25) is 0 Å². The van der Waals surface area contributed by atoms with Crippen molar-refractivity contribution < 1.29 is 22.4 Å². The fourth-order valence-corrected chi connectivity index (χ4v) is 3.70. The second-order valence-corrected chi connectivity index (χ2v) is 7.98. The number of hydrogen-bond acceptors (Lipinski definition) is 6. The first-order chi connectivity index (χ1) is 13.3. The molecule has 2 N–H and O–H groups in total. The summed E-state index contributed by atoms with van der Waals surface area (Å²) in [4.78, 5) is 25.8. The number of aromatic amines is 1. The van der Waals surface area contributed by atoms with E-state index in [1.807, 2.05) is 6.92 Å². The molecule has 148 valence electrons. The van der Waals surface area contributed by atoms with Gasteiger partial charge in [0.15, 0.2) is 5.58 Å². The van der Waals surface area contributed by atoms with E-state index >= 15 is 0 Å². The lowest BCUT2D eigenvalue weighted by Gasteiger charge is -2.17. The van der Waals surface area contributed by atoms with Gasteiger partial charge in [-0.25, -0.2) is 13.2 Å². The number of likely N-dealkylation sites (N-methyl/N-ethyl adjacent to an activating group) is 1. The van der Waals surface area contributed by atoms with Crippen molar-refractivity contribution in [2.75, 3.05) is 25.5 Å². The molecule has 28 heavy (non-hydrogen) atoms. The van der Waals surface area contributed by atoms with Crippen LogP contribution < -0.4 is 15.8 Å². The smallest absolute Gasteiger partial charge is 0.417 e. The largest absolute Gasteiger partial charge is 0.494 e. The highest BCUT2D eigenvalue weighted by Crippen LogP contribution is 2.20. The Morgan fingerprint density at radius 2 is 1.93 bits per heavy atom. The Bertz CT molecular complexity index is 1150. The van der Waals surface area contributed by atoms with E-state index in [-0.39, 0.29) is 17.0 Å². The number of benzene rings is 2. The van der Waals surface area contributed by atoms with Gasteiger partial charge < -0.3 is 14.5 Å². The Hall–Kier alpha value is -3.11. The van der Waals surface area contributed by atoms with Gasteiger partial charge >= 0.3 is 5.76 Å². The molecule has 0 fully saturated rings. The van der Waals surface area contributed by atoms with Crippen molar-refractivity contribution in [3.8, 4) is 5.75 Å². The zero-order valence-corrected chi connectivity index (χ0v) is 16.1. The van der Waals surface area contributed by atoms with Crippen LogP contribution in [0.5, 0.6) is 5.75 Å². The zero-order chi connectivity index (χ0) is 20.3. The Morgan fingerprint density at radius 3 is 2.61 bits per heavy atom. The number of ether oxygens (including phenoxy) is 1. The molecule has 2 aromatic carbocycles. The molecule has 0 aliphatic carbocycles. The molecule has 0 aliphatic heterocycles. The minimum atomic E-state index is -3.95.